The van der Waals surface area contributed by atoms with Crippen LogP contribution in [0, 0.1) is 0 Å². The molecule has 5 nitrogen and oxygen atoms in total. The minimum Gasteiger partial charge on any atom is -0.395 e. The van der Waals surface area contributed by atoms with Crippen molar-refractivity contribution in [2.75, 3.05) is 33.3 Å². The Hall–Kier alpha value is -0.170. The van der Waals surface area contributed by atoms with E-state index >= 15 is 0 Å². The Labute approximate surface area is 99.2 Å². The molecule has 0 aromatic heterocycles. The van der Waals surface area contributed by atoms with E-state index in [1.165, 1.54) is 8.61 Å². The van der Waals surface area contributed by atoms with Crippen LogP contribution in [0.1, 0.15) is 33.1 Å². The fourth-order valence-corrected chi connectivity index (χ4v) is 2.88. The molecule has 0 unspecified atom stereocenters. The lowest BCUT2D eigenvalue weighted by atomic mass is 10.3. The predicted octanol–water partition coefficient (Wildman–Crippen LogP) is 0.667. The van der Waals surface area contributed by atoms with Gasteiger partial charge in [0.1, 0.15) is 0 Å². The molecule has 0 spiro atoms. The molecule has 0 atom stereocenters. The summed E-state index contributed by atoms with van der Waals surface area (Å²) < 4.78 is 26.8. The topological polar surface area (TPSA) is 60.9 Å². The first-order valence-corrected chi connectivity index (χ1v) is 7.22. The van der Waals surface area contributed by atoms with Crippen molar-refractivity contribution in [1.29, 1.82) is 0 Å². The zero-order chi connectivity index (χ0) is 12.6. The van der Waals surface area contributed by atoms with Gasteiger partial charge in [0.15, 0.2) is 0 Å². The summed E-state index contributed by atoms with van der Waals surface area (Å²) in [6.45, 7) is 4.97. The van der Waals surface area contributed by atoms with E-state index in [1.54, 1.807) is 7.05 Å². The van der Waals surface area contributed by atoms with E-state index in [0.29, 0.717) is 13.1 Å². The first-order chi connectivity index (χ1) is 7.50. The third-order valence-corrected chi connectivity index (χ3v) is 4.36. The Morgan fingerprint density at radius 1 is 1.06 bits per heavy atom. The molecule has 0 aromatic carbocycles. The molecule has 16 heavy (non-hydrogen) atoms. The summed E-state index contributed by atoms with van der Waals surface area (Å²) in [6, 6.07) is 0. The fraction of sp³-hybridized carbons (Fsp3) is 1.00. The summed E-state index contributed by atoms with van der Waals surface area (Å²) in [5.41, 5.74) is 0. The van der Waals surface area contributed by atoms with Gasteiger partial charge in [0.2, 0.25) is 0 Å². The number of aliphatic hydroxyl groups is 1. The molecule has 98 valence electrons. The Kier molecular flexibility index (Phi) is 7.91. The second kappa shape index (κ2) is 8.00. The second-order valence-electron chi connectivity index (χ2n) is 3.81. The molecule has 0 aliphatic heterocycles. The standard InChI is InChI=1S/C10H24N2O3S/c1-4-6-8-11(3)16(14,15)12(7-5-2)9-10-13/h13H,4-10H2,1-3H3. The van der Waals surface area contributed by atoms with Crippen LogP contribution in [-0.2, 0) is 10.2 Å². The first-order valence-electron chi connectivity index (χ1n) is 5.82. The van der Waals surface area contributed by atoms with Crippen molar-refractivity contribution in [3.8, 4) is 0 Å². The van der Waals surface area contributed by atoms with Crippen LogP contribution in [0.3, 0.4) is 0 Å². The van der Waals surface area contributed by atoms with Gasteiger partial charge in [0.05, 0.1) is 6.61 Å². The van der Waals surface area contributed by atoms with Gasteiger partial charge >= 0.3 is 0 Å². The monoisotopic (exact) mass is 252 g/mol. The molecule has 0 aliphatic rings. The summed E-state index contributed by atoms with van der Waals surface area (Å²) in [5, 5.41) is 8.86. The maximum atomic E-state index is 12.1. The van der Waals surface area contributed by atoms with E-state index in [4.69, 9.17) is 5.11 Å². The third-order valence-electron chi connectivity index (χ3n) is 2.37. The largest absolute Gasteiger partial charge is 0.395 e. The van der Waals surface area contributed by atoms with Gasteiger partial charge in [-0.2, -0.15) is 17.0 Å². The van der Waals surface area contributed by atoms with Crippen LogP contribution < -0.4 is 0 Å². The second-order valence-corrected chi connectivity index (χ2v) is 5.84. The molecule has 0 aromatic rings. The Bertz CT molecular complexity index is 261. The lowest BCUT2D eigenvalue weighted by Gasteiger charge is -2.26. The van der Waals surface area contributed by atoms with Gasteiger partial charge in [-0.25, -0.2) is 0 Å². The summed E-state index contributed by atoms with van der Waals surface area (Å²) in [6.07, 6.45) is 2.57. The molecule has 0 fully saturated rings. The fourth-order valence-electron chi connectivity index (χ4n) is 1.40. The normalized spacial score (nSPS) is 12.6. The van der Waals surface area contributed by atoms with Crippen molar-refractivity contribution < 1.29 is 13.5 Å². The number of rotatable bonds is 9. The van der Waals surface area contributed by atoms with Crippen LogP contribution in [0.25, 0.3) is 0 Å². The van der Waals surface area contributed by atoms with Crippen LogP contribution >= 0.6 is 0 Å². The van der Waals surface area contributed by atoms with Crippen molar-refractivity contribution >= 4 is 10.2 Å². The van der Waals surface area contributed by atoms with Gasteiger partial charge in [0, 0.05) is 26.7 Å². The molecule has 0 amide bonds. The average Bonchev–Trinajstić information content (AvgIpc) is 2.25. The summed E-state index contributed by atoms with van der Waals surface area (Å²) >= 11 is 0. The van der Waals surface area contributed by atoms with E-state index in [0.717, 1.165) is 19.3 Å². The maximum Gasteiger partial charge on any atom is 0.281 e. The number of aliphatic hydroxyl groups excluding tert-OH is 1. The van der Waals surface area contributed by atoms with Crippen molar-refractivity contribution in [3.63, 3.8) is 0 Å². The summed E-state index contributed by atoms with van der Waals surface area (Å²) in [7, 11) is -1.80. The molecular weight excluding hydrogens is 228 g/mol. The van der Waals surface area contributed by atoms with Crippen LogP contribution in [0.15, 0.2) is 0 Å². The molecular formula is C10H24N2O3S. The Balaban J connectivity index is 4.56. The molecule has 0 radical (unpaired) electrons. The number of unbranched alkanes of at least 4 members (excludes halogenated alkanes) is 1. The molecule has 0 saturated carbocycles. The highest BCUT2D eigenvalue weighted by Gasteiger charge is 2.25. The average molecular weight is 252 g/mol. The molecule has 0 bridgehead atoms. The van der Waals surface area contributed by atoms with E-state index < -0.39 is 10.2 Å². The number of nitrogens with zero attached hydrogens (tertiary/aromatic N) is 2. The highest BCUT2D eigenvalue weighted by molar-refractivity contribution is 7.86. The first kappa shape index (κ1) is 15.8. The smallest absolute Gasteiger partial charge is 0.281 e. The van der Waals surface area contributed by atoms with E-state index in [-0.39, 0.29) is 13.2 Å². The highest BCUT2D eigenvalue weighted by Crippen LogP contribution is 2.08. The van der Waals surface area contributed by atoms with Gasteiger partial charge in [-0.3, -0.25) is 0 Å². The molecule has 1 N–H and O–H groups in total. The molecule has 6 heteroatoms. The lowest BCUT2D eigenvalue weighted by molar-refractivity contribution is 0.246. The van der Waals surface area contributed by atoms with Crippen molar-refractivity contribution in [2.24, 2.45) is 0 Å². The molecule has 0 saturated heterocycles. The summed E-state index contributed by atoms with van der Waals surface area (Å²) in [4.78, 5) is 0. The van der Waals surface area contributed by atoms with E-state index in [2.05, 4.69) is 0 Å². The lowest BCUT2D eigenvalue weighted by Crippen LogP contribution is -2.43. The van der Waals surface area contributed by atoms with Gasteiger partial charge < -0.3 is 5.11 Å². The van der Waals surface area contributed by atoms with Gasteiger partial charge in [-0.15, -0.1) is 0 Å². The van der Waals surface area contributed by atoms with Crippen LogP contribution in [0.4, 0.5) is 0 Å². The van der Waals surface area contributed by atoms with Crippen molar-refractivity contribution in [2.45, 2.75) is 33.1 Å². The minimum absolute atomic E-state index is 0.138. The Morgan fingerprint density at radius 3 is 2.12 bits per heavy atom. The maximum absolute atomic E-state index is 12.1. The number of hydrogen-bond acceptors (Lipinski definition) is 3. The highest BCUT2D eigenvalue weighted by atomic mass is 32.2. The van der Waals surface area contributed by atoms with E-state index in [1.807, 2.05) is 13.8 Å². The predicted molar refractivity (Wildman–Crippen MR) is 65.4 cm³/mol. The molecule has 0 heterocycles. The Morgan fingerprint density at radius 2 is 1.69 bits per heavy atom. The van der Waals surface area contributed by atoms with Crippen LogP contribution in [0.5, 0.6) is 0 Å². The summed E-state index contributed by atoms with van der Waals surface area (Å²) in [5.74, 6) is 0. The van der Waals surface area contributed by atoms with Gasteiger partial charge in [-0.05, 0) is 12.8 Å². The minimum atomic E-state index is -3.39. The number of hydrogen-bond donors (Lipinski definition) is 1. The van der Waals surface area contributed by atoms with Crippen molar-refractivity contribution in [1.82, 2.24) is 8.61 Å². The van der Waals surface area contributed by atoms with E-state index in [9.17, 15) is 8.42 Å². The third kappa shape index (κ3) is 4.78. The SMILES string of the molecule is CCCCN(C)S(=O)(=O)N(CCC)CCO. The van der Waals surface area contributed by atoms with Crippen LogP contribution in [-0.4, -0.2) is 55.4 Å². The van der Waals surface area contributed by atoms with Crippen molar-refractivity contribution in [3.05, 3.63) is 0 Å². The quantitative estimate of drug-likeness (QED) is 0.656. The molecule has 0 rings (SSSR count). The zero-order valence-electron chi connectivity index (χ0n) is 10.5. The molecule has 0 aliphatic carbocycles. The zero-order valence-corrected chi connectivity index (χ0v) is 11.3. The van der Waals surface area contributed by atoms with Gasteiger partial charge in [0.25, 0.3) is 10.2 Å². The van der Waals surface area contributed by atoms with Crippen LogP contribution in [0.2, 0.25) is 0 Å². The van der Waals surface area contributed by atoms with Gasteiger partial charge in [-0.1, -0.05) is 20.3 Å².